The summed E-state index contributed by atoms with van der Waals surface area (Å²) in [7, 11) is 1.71. The zero-order valence-electron chi connectivity index (χ0n) is 11.6. The van der Waals surface area contributed by atoms with Crippen LogP contribution in [0, 0.1) is 0 Å². The third-order valence-electron chi connectivity index (χ3n) is 2.76. The summed E-state index contributed by atoms with van der Waals surface area (Å²) in [5.41, 5.74) is 0.942. The fourth-order valence-corrected chi connectivity index (χ4v) is 2.54. The number of rotatable bonds is 8. The number of thiophene rings is 1. The van der Waals surface area contributed by atoms with Gasteiger partial charge in [-0.3, -0.25) is 4.90 Å². The Morgan fingerprint density at radius 3 is 2.89 bits per heavy atom. The molecule has 0 aliphatic heterocycles. The Kier molecular flexibility index (Phi) is 6.77. The molecule has 1 aromatic rings. The van der Waals surface area contributed by atoms with E-state index in [1.165, 1.54) is 4.88 Å². The van der Waals surface area contributed by atoms with Crippen LogP contribution in [0.25, 0.3) is 6.08 Å². The molecule has 0 spiro atoms. The van der Waals surface area contributed by atoms with Crippen LogP contribution >= 0.6 is 11.3 Å². The topological polar surface area (TPSA) is 49.8 Å². The molecule has 0 radical (unpaired) electrons. The first kappa shape index (κ1) is 15.9. The third-order valence-corrected chi connectivity index (χ3v) is 3.70. The quantitative estimate of drug-likeness (QED) is 0.745. The molecule has 0 bridgehead atoms. The van der Waals surface area contributed by atoms with Gasteiger partial charge in [0.05, 0.1) is 6.61 Å². The molecule has 1 rings (SSSR count). The van der Waals surface area contributed by atoms with Gasteiger partial charge < -0.3 is 9.84 Å². The largest absolute Gasteiger partial charge is 0.478 e. The number of aliphatic carboxylic acids is 1. The van der Waals surface area contributed by atoms with Crippen LogP contribution in [0.5, 0.6) is 0 Å². The van der Waals surface area contributed by atoms with Gasteiger partial charge in [0.15, 0.2) is 0 Å². The van der Waals surface area contributed by atoms with Crippen molar-refractivity contribution in [1.82, 2.24) is 4.90 Å². The lowest BCUT2D eigenvalue weighted by atomic mass is 10.2. The van der Waals surface area contributed by atoms with Crippen LogP contribution in [0.3, 0.4) is 0 Å². The highest BCUT2D eigenvalue weighted by atomic mass is 32.1. The van der Waals surface area contributed by atoms with Crippen molar-refractivity contribution >= 4 is 23.4 Å². The molecular weight excluding hydrogens is 262 g/mol. The van der Waals surface area contributed by atoms with E-state index in [1.807, 2.05) is 11.4 Å². The molecule has 0 amide bonds. The Balaban J connectivity index is 2.62. The van der Waals surface area contributed by atoms with Gasteiger partial charge in [0.25, 0.3) is 0 Å². The molecule has 5 heteroatoms. The molecule has 0 saturated carbocycles. The molecule has 19 heavy (non-hydrogen) atoms. The minimum absolute atomic E-state index is 0.454. The number of carboxylic acids is 1. The van der Waals surface area contributed by atoms with Gasteiger partial charge in [-0.2, -0.15) is 0 Å². The van der Waals surface area contributed by atoms with Gasteiger partial charge in [0.1, 0.15) is 0 Å². The first-order valence-corrected chi connectivity index (χ1v) is 7.12. The normalized spacial score (nSPS) is 11.8. The minimum atomic E-state index is -0.920. The van der Waals surface area contributed by atoms with Gasteiger partial charge in [0.2, 0.25) is 0 Å². The fourth-order valence-electron chi connectivity index (χ4n) is 1.66. The van der Waals surface area contributed by atoms with Gasteiger partial charge >= 0.3 is 5.97 Å². The van der Waals surface area contributed by atoms with Crippen LogP contribution in [0.15, 0.2) is 17.5 Å². The number of hydrogen-bond acceptors (Lipinski definition) is 4. The van der Waals surface area contributed by atoms with E-state index in [0.717, 1.165) is 31.3 Å². The number of ether oxygens (including phenoxy) is 1. The van der Waals surface area contributed by atoms with Crippen LogP contribution in [0.1, 0.15) is 24.3 Å². The highest BCUT2D eigenvalue weighted by Gasteiger charge is 2.10. The lowest BCUT2D eigenvalue weighted by Gasteiger charge is -2.25. The lowest BCUT2D eigenvalue weighted by molar-refractivity contribution is -0.131. The first-order chi connectivity index (χ1) is 9.02. The highest BCUT2D eigenvalue weighted by molar-refractivity contribution is 7.10. The summed E-state index contributed by atoms with van der Waals surface area (Å²) in [6.45, 7) is 6.80. The van der Waals surface area contributed by atoms with Crippen molar-refractivity contribution in [3.05, 3.63) is 28.0 Å². The number of carboxylic acid groups (broad SMARTS) is 1. The Bertz CT molecular complexity index is 426. The van der Waals surface area contributed by atoms with E-state index in [-0.39, 0.29) is 0 Å². The highest BCUT2D eigenvalue weighted by Crippen LogP contribution is 2.19. The van der Waals surface area contributed by atoms with Crippen LogP contribution in [0.2, 0.25) is 0 Å². The van der Waals surface area contributed by atoms with Crippen molar-refractivity contribution in [3.63, 3.8) is 0 Å². The second kappa shape index (κ2) is 8.09. The van der Waals surface area contributed by atoms with Crippen LogP contribution in [-0.4, -0.2) is 42.3 Å². The molecule has 4 nitrogen and oxygen atoms in total. The standard InChI is InChI=1S/C14H21NO3S/c1-11(2)15(6-7-18-3)9-13-8-12(10-19-13)4-5-14(16)17/h4-5,8,10-11H,6-7,9H2,1-3H3,(H,16,17)/b5-4+. The Morgan fingerprint density at radius 2 is 2.32 bits per heavy atom. The molecule has 0 unspecified atom stereocenters. The van der Waals surface area contributed by atoms with Crippen molar-refractivity contribution in [2.75, 3.05) is 20.3 Å². The number of nitrogens with zero attached hydrogens (tertiary/aromatic N) is 1. The van der Waals surface area contributed by atoms with Gasteiger partial charge in [-0.1, -0.05) is 0 Å². The summed E-state index contributed by atoms with van der Waals surface area (Å²) in [4.78, 5) is 14.0. The molecule has 1 heterocycles. The summed E-state index contributed by atoms with van der Waals surface area (Å²) in [6, 6.07) is 2.49. The monoisotopic (exact) mass is 283 g/mol. The lowest BCUT2D eigenvalue weighted by Crippen LogP contribution is -2.32. The van der Waals surface area contributed by atoms with Gasteiger partial charge in [-0.25, -0.2) is 4.79 Å². The third kappa shape index (κ3) is 6.00. The molecule has 0 saturated heterocycles. The molecule has 0 aliphatic carbocycles. The van der Waals surface area contributed by atoms with E-state index < -0.39 is 5.97 Å². The number of carbonyl (C=O) groups is 1. The van der Waals surface area contributed by atoms with E-state index in [9.17, 15) is 4.79 Å². The summed E-state index contributed by atoms with van der Waals surface area (Å²) in [5.74, 6) is -0.920. The fraction of sp³-hybridized carbons (Fsp3) is 0.500. The summed E-state index contributed by atoms with van der Waals surface area (Å²) in [5, 5.41) is 10.6. The summed E-state index contributed by atoms with van der Waals surface area (Å²) >= 11 is 1.65. The van der Waals surface area contributed by atoms with Crippen molar-refractivity contribution in [3.8, 4) is 0 Å². The van der Waals surface area contributed by atoms with Gasteiger partial charge in [-0.05, 0) is 36.9 Å². The molecule has 0 fully saturated rings. The van der Waals surface area contributed by atoms with Gasteiger partial charge in [-0.15, -0.1) is 11.3 Å². The molecule has 0 aromatic carbocycles. The van der Waals surface area contributed by atoms with E-state index >= 15 is 0 Å². The van der Waals surface area contributed by atoms with Crippen molar-refractivity contribution < 1.29 is 14.6 Å². The number of hydrogen-bond donors (Lipinski definition) is 1. The average Bonchev–Trinajstić information content (AvgIpc) is 2.79. The summed E-state index contributed by atoms with van der Waals surface area (Å²) < 4.78 is 5.12. The Labute approximate surface area is 118 Å². The predicted molar refractivity (Wildman–Crippen MR) is 78.4 cm³/mol. The molecule has 1 aromatic heterocycles. The second-order valence-electron chi connectivity index (χ2n) is 4.57. The van der Waals surface area contributed by atoms with Crippen LogP contribution < -0.4 is 0 Å². The second-order valence-corrected chi connectivity index (χ2v) is 5.57. The molecular formula is C14H21NO3S. The average molecular weight is 283 g/mol. The van der Waals surface area contributed by atoms with Crippen LogP contribution in [-0.2, 0) is 16.1 Å². The Morgan fingerprint density at radius 1 is 1.58 bits per heavy atom. The SMILES string of the molecule is COCCN(Cc1cc(/C=C/C(=O)O)cs1)C(C)C. The predicted octanol–water partition coefficient (Wildman–Crippen LogP) is 2.70. The maximum Gasteiger partial charge on any atom is 0.328 e. The molecule has 1 N–H and O–H groups in total. The smallest absolute Gasteiger partial charge is 0.328 e. The van der Waals surface area contributed by atoms with E-state index in [0.29, 0.717) is 6.04 Å². The van der Waals surface area contributed by atoms with Crippen LogP contribution in [0.4, 0.5) is 0 Å². The maximum atomic E-state index is 10.5. The maximum absolute atomic E-state index is 10.5. The molecule has 0 aliphatic rings. The Hall–Kier alpha value is -1.17. The zero-order valence-corrected chi connectivity index (χ0v) is 12.4. The van der Waals surface area contributed by atoms with Gasteiger partial charge in [0, 0.05) is 37.2 Å². The van der Waals surface area contributed by atoms with E-state index in [4.69, 9.17) is 9.84 Å². The first-order valence-electron chi connectivity index (χ1n) is 6.24. The van der Waals surface area contributed by atoms with Crippen molar-refractivity contribution in [1.29, 1.82) is 0 Å². The summed E-state index contributed by atoms with van der Waals surface area (Å²) in [6.07, 6.45) is 2.79. The number of methoxy groups -OCH3 is 1. The molecule has 106 valence electrons. The van der Waals surface area contributed by atoms with Crippen molar-refractivity contribution in [2.24, 2.45) is 0 Å². The zero-order chi connectivity index (χ0) is 14.3. The van der Waals surface area contributed by atoms with E-state index in [2.05, 4.69) is 18.7 Å². The van der Waals surface area contributed by atoms with E-state index in [1.54, 1.807) is 24.5 Å². The minimum Gasteiger partial charge on any atom is -0.478 e. The molecule has 0 atom stereocenters. The van der Waals surface area contributed by atoms with Crippen molar-refractivity contribution in [2.45, 2.75) is 26.4 Å².